The number of aliphatic hydroxyl groups is 1. The third kappa shape index (κ3) is 3.93. The van der Waals surface area contributed by atoms with Gasteiger partial charge >= 0.3 is 0 Å². The van der Waals surface area contributed by atoms with E-state index >= 15 is 0 Å². The summed E-state index contributed by atoms with van der Waals surface area (Å²) in [5.41, 5.74) is 0. The lowest BCUT2D eigenvalue weighted by Crippen LogP contribution is -2.42. The zero-order valence-corrected chi connectivity index (χ0v) is 9.08. The lowest BCUT2D eigenvalue weighted by Gasteiger charge is -2.34. The molecule has 1 N–H and O–H groups in total. The lowest BCUT2D eigenvalue weighted by atomic mass is 9.96. The van der Waals surface area contributed by atoms with Crippen molar-refractivity contribution in [1.82, 2.24) is 4.90 Å². The maximum Gasteiger partial charge on any atom is 0.0894 e. The van der Waals surface area contributed by atoms with Crippen molar-refractivity contribution in [2.45, 2.75) is 38.7 Å². The highest BCUT2D eigenvalue weighted by Gasteiger charge is 2.23. The molecule has 0 spiro atoms. The van der Waals surface area contributed by atoms with Crippen LogP contribution in [0.5, 0.6) is 0 Å². The minimum absolute atomic E-state index is 0.114. The van der Waals surface area contributed by atoms with Crippen molar-refractivity contribution in [1.29, 1.82) is 0 Å². The molecule has 0 saturated carbocycles. The molecule has 0 aliphatic carbocycles. The fourth-order valence-electron chi connectivity index (χ4n) is 2.03. The van der Waals surface area contributed by atoms with Crippen LogP contribution >= 0.6 is 0 Å². The molecule has 1 aliphatic heterocycles. The highest BCUT2D eigenvalue weighted by Crippen LogP contribution is 2.16. The van der Waals surface area contributed by atoms with E-state index in [1.165, 1.54) is 0 Å². The maximum atomic E-state index is 11.8. The average Bonchev–Trinajstić information content (AvgIpc) is 2.18. The van der Waals surface area contributed by atoms with Crippen molar-refractivity contribution in [3.63, 3.8) is 0 Å². The minimum Gasteiger partial charge on any atom is -0.393 e. The molecule has 2 atom stereocenters. The number of halogens is 1. The molecule has 2 nitrogen and oxygen atoms in total. The Bertz CT molecular complexity index is 154. The molecule has 0 aromatic heterocycles. The summed E-state index contributed by atoms with van der Waals surface area (Å²) in [7, 11) is 0. The van der Waals surface area contributed by atoms with Gasteiger partial charge in [0.1, 0.15) is 0 Å². The van der Waals surface area contributed by atoms with E-state index in [1.807, 2.05) is 0 Å². The number of nitrogens with zero attached hydrogens (tertiary/aromatic N) is 1. The number of piperidine rings is 1. The van der Waals surface area contributed by atoms with Gasteiger partial charge in [-0.25, -0.2) is 0 Å². The molecule has 1 saturated heterocycles. The van der Waals surface area contributed by atoms with Gasteiger partial charge < -0.3 is 10.0 Å². The van der Waals surface area contributed by atoms with Crippen LogP contribution in [-0.2, 0) is 0 Å². The van der Waals surface area contributed by atoms with Gasteiger partial charge in [0.2, 0.25) is 0 Å². The summed E-state index contributed by atoms with van der Waals surface area (Å²) in [4.78, 5) is 2.38. The first-order chi connectivity index (χ1) is 6.74. The average molecular weight is 203 g/mol. The number of hydrogen-bond donors (Lipinski definition) is 1. The Morgan fingerprint density at radius 2 is 2.14 bits per heavy atom. The molecule has 84 valence electrons. The van der Waals surface area contributed by atoms with Crippen molar-refractivity contribution >= 4 is 0 Å². The molecule has 0 radical (unpaired) electrons. The highest BCUT2D eigenvalue weighted by molar-refractivity contribution is 4.76. The predicted molar refractivity (Wildman–Crippen MR) is 56.1 cm³/mol. The van der Waals surface area contributed by atoms with Crippen molar-refractivity contribution in [2.75, 3.05) is 26.3 Å². The Morgan fingerprint density at radius 3 is 2.79 bits per heavy atom. The Hall–Kier alpha value is -0.150. The molecule has 0 amide bonds. The Balaban J connectivity index is 2.07. The number of rotatable bonds is 5. The van der Waals surface area contributed by atoms with Gasteiger partial charge in [-0.2, -0.15) is 0 Å². The van der Waals surface area contributed by atoms with E-state index in [0.29, 0.717) is 12.3 Å². The van der Waals surface area contributed by atoms with Crippen LogP contribution in [0.1, 0.15) is 32.6 Å². The van der Waals surface area contributed by atoms with Crippen LogP contribution in [0.2, 0.25) is 0 Å². The molecule has 14 heavy (non-hydrogen) atoms. The summed E-state index contributed by atoms with van der Waals surface area (Å²) < 4.78 is 11.8. The molecule has 0 aromatic carbocycles. The van der Waals surface area contributed by atoms with Crippen LogP contribution in [-0.4, -0.2) is 42.4 Å². The van der Waals surface area contributed by atoms with Gasteiger partial charge in [0, 0.05) is 13.1 Å². The van der Waals surface area contributed by atoms with E-state index in [0.717, 1.165) is 38.9 Å². The topological polar surface area (TPSA) is 23.5 Å². The van der Waals surface area contributed by atoms with Crippen LogP contribution in [0.4, 0.5) is 4.39 Å². The summed E-state index contributed by atoms with van der Waals surface area (Å²) in [6, 6.07) is 0. The Kier molecular flexibility index (Phi) is 5.41. The van der Waals surface area contributed by atoms with Crippen LogP contribution < -0.4 is 0 Å². The molecule has 1 aliphatic rings. The molecule has 3 heteroatoms. The molecular weight excluding hydrogens is 181 g/mol. The maximum absolute atomic E-state index is 11.8. The minimum atomic E-state index is -0.185. The largest absolute Gasteiger partial charge is 0.393 e. The fraction of sp³-hybridized carbons (Fsp3) is 1.00. The van der Waals surface area contributed by atoms with Gasteiger partial charge in [0.25, 0.3) is 0 Å². The first-order valence-electron chi connectivity index (χ1n) is 5.70. The lowest BCUT2D eigenvalue weighted by molar-refractivity contribution is 0.0345. The van der Waals surface area contributed by atoms with Crippen molar-refractivity contribution in [3.8, 4) is 0 Å². The van der Waals surface area contributed by atoms with Crippen LogP contribution in [0, 0.1) is 5.92 Å². The number of hydrogen-bond acceptors (Lipinski definition) is 2. The van der Waals surface area contributed by atoms with E-state index in [4.69, 9.17) is 0 Å². The fourth-order valence-corrected chi connectivity index (χ4v) is 2.03. The number of aliphatic hydroxyl groups excluding tert-OH is 1. The second kappa shape index (κ2) is 6.36. The van der Waals surface area contributed by atoms with Gasteiger partial charge in [-0.05, 0) is 38.1 Å². The molecule has 0 unspecified atom stereocenters. The van der Waals surface area contributed by atoms with Gasteiger partial charge in [0.15, 0.2) is 0 Å². The van der Waals surface area contributed by atoms with Crippen LogP contribution in [0.3, 0.4) is 0 Å². The quantitative estimate of drug-likeness (QED) is 0.689. The van der Waals surface area contributed by atoms with Crippen molar-refractivity contribution < 1.29 is 9.50 Å². The van der Waals surface area contributed by atoms with E-state index < -0.39 is 0 Å². The summed E-state index contributed by atoms with van der Waals surface area (Å²) >= 11 is 0. The van der Waals surface area contributed by atoms with Gasteiger partial charge in [-0.3, -0.25) is 4.39 Å². The predicted octanol–water partition coefficient (Wildman–Crippen LogP) is 1.83. The standard InChI is InChI=1S/C11H22FNO/c1-10-9-13(8-5-11(10)14)7-4-2-3-6-12/h10-11,14H,2-9H2,1H3/t10-,11-/m1/s1. The first kappa shape index (κ1) is 11.9. The van der Waals surface area contributed by atoms with E-state index in [-0.39, 0.29) is 12.8 Å². The van der Waals surface area contributed by atoms with Crippen LogP contribution in [0.25, 0.3) is 0 Å². The van der Waals surface area contributed by atoms with Crippen molar-refractivity contribution in [3.05, 3.63) is 0 Å². The molecule has 0 bridgehead atoms. The SMILES string of the molecule is C[C@@H]1CN(CCCCCF)CC[C@H]1O. The third-order valence-electron chi connectivity index (χ3n) is 3.05. The van der Waals surface area contributed by atoms with E-state index in [2.05, 4.69) is 11.8 Å². The van der Waals surface area contributed by atoms with Gasteiger partial charge in [-0.1, -0.05) is 6.92 Å². The Labute approximate surface area is 86.1 Å². The van der Waals surface area contributed by atoms with Crippen molar-refractivity contribution in [2.24, 2.45) is 5.92 Å². The summed E-state index contributed by atoms with van der Waals surface area (Å²) in [5.74, 6) is 0.393. The summed E-state index contributed by atoms with van der Waals surface area (Å²) in [6.07, 6.45) is 3.56. The second-order valence-corrected chi connectivity index (χ2v) is 4.38. The Morgan fingerprint density at radius 1 is 1.36 bits per heavy atom. The summed E-state index contributed by atoms with van der Waals surface area (Å²) in [6.45, 7) is 4.97. The van der Waals surface area contributed by atoms with Gasteiger partial charge in [-0.15, -0.1) is 0 Å². The molecular formula is C11H22FNO. The monoisotopic (exact) mass is 203 g/mol. The van der Waals surface area contributed by atoms with E-state index in [9.17, 15) is 9.50 Å². The zero-order chi connectivity index (χ0) is 10.4. The normalized spacial score (nSPS) is 29.4. The number of unbranched alkanes of at least 4 members (excludes halogenated alkanes) is 2. The smallest absolute Gasteiger partial charge is 0.0894 e. The third-order valence-corrected chi connectivity index (χ3v) is 3.05. The molecule has 1 heterocycles. The molecule has 1 fully saturated rings. The summed E-state index contributed by atoms with van der Waals surface area (Å²) in [5, 5.41) is 9.53. The van der Waals surface area contributed by atoms with Gasteiger partial charge in [0.05, 0.1) is 12.8 Å². The van der Waals surface area contributed by atoms with E-state index in [1.54, 1.807) is 0 Å². The number of alkyl halides is 1. The first-order valence-corrected chi connectivity index (χ1v) is 5.70. The number of likely N-dealkylation sites (tertiary alicyclic amines) is 1. The highest BCUT2D eigenvalue weighted by atomic mass is 19.1. The zero-order valence-electron chi connectivity index (χ0n) is 9.08. The molecule has 1 rings (SSSR count). The second-order valence-electron chi connectivity index (χ2n) is 4.38. The molecule has 0 aromatic rings. The van der Waals surface area contributed by atoms with Crippen LogP contribution in [0.15, 0.2) is 0 Å².